The lowest BCUT2D eigenvalue weighted by molar-refractivity contribution is -0.142. The molecular weight excluding hydrogens is 448 g/mol. The summed E-state index contributed by atoms with van der Waals surface area (Å²) in [5.74, 6) is -0.150. The molecule has 1 heterocycles. The van der Waals surface area contributed by atoms with Crippen LogP contribution in [0.3, 0.4) is 0 Å². The summed E-state index contributed by atoms with van der Waals surface area (Å²) in [5.41, 5.74) is 1.87. The minimum absolute atomic E-state index is 0.200. The van der Waals surface area contributed by atoms with Gasteiger partial charge in [0.15, 0.2) is 5.43 Å². The smallest absolute Gasteiger partial charge is 0.314 e. The number of carbonyl (C=O) groups is 1. The highest BCUT2D eigenvalue weighted by Gasteiger charge is 2.36. The van der Waals surface area contributed by atoms with Gasteiger partial charge in [0.1, 0.15) is 22.8 Å². The SMILES string of the molecule is COC(=O)[C@@H](c1coc2cc(OC)ccc2c1=O)C(c1ccc(OC)cc1)c1ccc(OC)cc1. The Morgan fingerprint density at radius 1 is 0.743 bits per heavy atom. The van der Waals surface area contributed by atoms with Crippen molar-refractivity contribution in [1.29, 1.82) is 0 Å². The number of fused-ring (bicyclic) bond motifs is 1. The number of ether oxygens (including phenoxy) is 4. The molecule has 1 atom stereocenters. The zero-order valence-corrected chi connectivity index (χ0v) is 19.9. The van der Waals surface area contributed by atoms with Gasteiger partial charge in [-0.25, -0.2) is 0 Å². The van der Waals surface area contributed by atoms with E-state index in [1.165, 1.54) is 20.5 Å². The van der Waals surface area contributed by atoms with Crippen molar-refractivity contribution >= 4 is 16.9 Å². The first kappa shape index (κ1) is 23.9. The average Bonchev–Trinajstić information content (AvgIpc) is 2.92. The van der Waals surface area contributed by atoms with Gasteiger partial charge in [0.05, 0.1) is 51.6 Å². The lowest BCUT2D eigenvalue weighted by Gasteiger charge is -2.26. The zero-order chi connectivity index (χ0) is 24.9. The Morgan fingerprint density at radius 3 is 1.74 bits per heavy atom. The first-order chi connectivity index (χ1) is 17.0. The Balaban J connectivity index is 1.94. The zero-order valence-electron chi connectivity index (χ0n) is 19.9. The molecule has 0 unspecified atom stereocenters. The van der Waals surface area contributed by atoms with Crippen LogP contribution in [-0.4, -0.2) is 34.4 Å². The van der Waals surface area contributed by atoms with Crippen molar-refractivity contribution in [3.8, 4) is 17.2 Å². The molecule has 3 aromatic carbocycles. The molecule has 0 amide bonds. The number of carbonyl (C=O) groups excluding carboxylic acids is 1. The van der Waals surface area contributed by atoms with Crippen molar-refractivity contribution in [3.05, 3.63) is 99.9 Å². The number of methoxy groups -OCH3 is 4. The van der Waals surface area contributed by atoms with Gasteiger partial charge >= 0.3 is 5.97 Å². The van der Waals surface area contributed by atoms with Gasteiger partial charge < -0.3 is 23.4 Å². The van der Waals surface area contributed by atoms with Gasteiger partial charge in [0, 0.05) is 12.0 Å². The maximum Gasteiger partial charge on any atom is 0.314 e. The van der Waals surface area contributed by atoms with E-state index < -0.39 is 17.8 Å². The highest BCUT2D eigenvalue weighted by atomic mass is 16.5. The second kappa shape index (κ2) is 10.3. The average molecular weight is 475 g/mol. The standard InChI is InChI=1S/C28H26O7/c1-31-19-9-5-17(6-10-19)25(18-7-11-20(32-2)12-8-18)26(28(30)34-4)23-16-35-24-15-21(33-3)13-14-22(24)27(23)29/h5-16,25-26H,1-4H3/t26-/m0/s1. The van der Waals surface area contributed by atoms with Crippen LogP contribution in [0.15, 0.2) is 82.2 Å². The van der Waals surface area contributed by atoms with Gasteiger partial charge in [-0.05, 0) is 47.5 Å². The first-order valence-electron chi connectivity index (χ1n) is 11.0. The summed E-state index contributed by atoms with van der Waals surface area (Å²) in [6.07, 6.45) is 1.34. The molecule has 35 heavy (non-hydrogen) atoms. The Morgan fingerprint density at radius 2 is 1.26 bits per heavy atom. The number of hydrogen-bond donors (Lipinski definition) is 0. The van der Waals surface area contributed by atoms with E-state index in [4.69, 9.17) is 23.4 Å². The van der Waals surface area contributed by atoms with E-state index in [0.717, 1.165) is 11.1 Å². The molecule has 0 aliphatic carbocycles. The van der Waals surface area contributed by atoms with Gasteiger partial charge in [0.25, 0.3) is 0 Å². The second-order valence-electron chi connectivity index (χ2n) is 7.91. The van der Waals surface area contributed by atoms with Crippen LogP contribution < -0.4 is 19.6 Å². The highest BCUT2D eigenvalue weighted by molar-refractivity contribution is 5.84. The molecule has 0 bridgehead atoms. The number of hydrogen-bond acceptors (Lipinski definition) is 7. The van der Waals surface area contributed by atoms with Crippen molar-refractivity contribution in [2.24, 2.45) is 0 Å². The fourth-order valence-electron chi connectivity index (χ4n) is 4.23. The number of benzene rings is 3. The Hall–Kier alpha value is -4.26. The van der Waals surface area contributed by atoms with Gasteiger partial charge in [-0.2, -0.15) is 0 Å². The second-order valence-corrected chi connectivity index (χ2v) is 7.91. The molecule has 0 N–H and O–H groups in total. The van der Waals surface area contributed by atoms with Crippen molar-refractivity contribution in [3.63, 3.8) is 0 Å². The molecule has 7 heteroatoms. The normalized spacial score (nSPS) is 11.8. The molecule has 0 aliphatic heterocycles. The molecule has 7 nitrogen and oxygen atoms in total. The van der Waals surface area contributed by atoms with E-state index in [1.807, 2.05) is 48.5 Å². The molecular formula is C28H26O7. The lowest BCUT2D eigenvalue weighted by Crippen LogP contribution is -2.27. The van der Waals surface area contributed by atoms with E-state index in [-0.39, 0.29) is 11.0 Å². The van der Waals surface area contributed by atoms with Crippen LogP contribution in [0.1, 0.15) is 28.5 Å². The topological polar surface area (TPSA) is 84.2 Å². The summed E-state index contributed by atoms with van der Waals surface area (Å²) in [4.78, 5) is 26.9. The van der Waals surface area contributed by atoms with E-state index >= 15 is 0 Å². The van der Waals surface area contributed by atoms with Crippen molar-refractivity contribution in [1.82, 2.24) is 0 Å². The summed E-state index contributed by atoms with van der Waals surface area (Å²) in [6, 6.07) is 19.7. The molecule has 0 saturated heterocycles. The van der Waals surface area contributed by atoms with Crippen molar-refractivity contribution < 1.29 is 28.2 Å². The fourth-order valence-corrected chi connectivity index (χ4v) is 4.23. The third-order valence-corrected chi connectivity index (χ3v) is 6.08. The quantitative estimate of drug-likeness (QED) is 0.336. The molecule has 0 saturated carbocycles. The van der Waals surface area contributed by atoms with Crippen LogP contribution in [-0.2, 0) is 9.53 Å². The van der Waals surface area contributed by atoms with E-state index in [9.17, 15) is 9.59 Å². The van der Waals surface area contributed by atoms with Gasteiger partial charge in [0.2, 0.25) is 0 Å². The largest absolute Gasteiger partial charge is 0.497 e. The van der Waals surface area contributed by atoms with Crippen molar-refractivity contribution in [2.45, 2.75) is 11.8 Å². The Bertz CT molecular complexity index is 1320. The molecule has 0 fully saturated rings. The van der Waals surface area contributed by atoms with Crippen LogP contribution in [0.2, 0.25) is 0 Å². The maximum atomic E-state index is 13.6. The lowest BCUT2D eigenvalue weighted by atomic mass is 9.77. The number of rotatable bonds is 8. The predicted molar refractivity (Wildman–Crippen MR) is 132 cm³/mol. The summed E-state index contributed by atoms with van der Waals surface area (Å²) >= 11 is 0. The first-order valence-corrected chi connectivity index (χ1v) is 11.0. The molecule has 180 valence electrons. The minimum Gasteiger partial charge on any atom is -0.497 e. The van der Waals surface area contributed by atoms with Gasteiger partial charge in [-0.3, -0.25) is 9.59 Å². The molecule has 0 spiro atoms. The maximum absolute atomic E-state index is 13.6. The summed E-state index contributed by atoms with van der Waals surface area (Å²) < 4.78 is 26.8. The van der Waals surface area contributed by atoms with Crippen LogP contribution in [0.25, 0.3) is 11.0 Å². The Labute approximate surface area is 202 Å². The van der Waals surface area contributed by atoms with Crippen LogP contribution >= 0.6 is 0 Å². The molecule has 4 rings (SSSR count). The minimum atomic E-state index is -0.968. The molecule has 0 aliphatic rings. The van der Waals surface area contributed by atoms with E-state index in [1.54, 1.807) is 32.4 Å². The van der Waals surface area contributed by atoms with Crippen LogP contribution in [0, 0.1) is 0 Å². The van der Waals surface area contributed by atoms with Crippen LogP contribution in [0.4, 0.5) is 0 Å². The molecule has 0 radical (unpaired) electrons. The van der Waals surface area contributed by atoms with Gasteiger partial charge in [-0.1, -0.05) is 24.3 Å². The summed E-state index contributed by atoms with van der Waals surface area (Å²) in [6.45, 7) is 0. The summed E-state index contributed by atoms with van der Waals surface area (Å²) in [5, 5.41) is 0.348. The summed E-state index contributed by atoms with van der Waals surface area (Å²) in [7, 11) is 6.02. The highest BCUT2D eigenvalue weighted by Crippen LogP contribution is 2.40. The third-order valence-electron chi connectivity index (χ3n) is 6.08. The van der Waals surface area contributed by atoms with Crippen LogP contribution in [0.5, 0.6) is 17.2 Å². The molecule has 1 aromatic heterocycles. The van der Waals surface area contributed by atoms with Crippen molar-refractivity contribution in [2.75, 3.05) is 28.4 Å². The third kappa shape index (κ3) is 4.71. The monoisotopic (exact) mass is 474 g/mol. The molecule has 4 aromatic rings. The fraction of sp³-hybridized carbons (Fsp3) is 0.214. The Kier molecular flexibility index (Phi) is 7.06. The van der Waals surface area contributed by atoms with E-state index in [0.29, 0.717) is 28.2 Å². The van der Waals surface area contributed by atoms with Gasteiger partial charge in [-0.15, -0.1) is 0 Å². The van der Waals surface area contributed by atoms with E-state index in [2.05, 4.69) is 0 Å². The predicted octanol–water partition coefficient (Wildman–Crippen LogP) is 4.91. The number of esters is 1.